The summed E-state index contributed by atoms with van der Waals surface area (Å²) in [6.45, 7) is 7.69. The van der Waals surface area contributed by atoms with E-state index >= 15 is 0 Å². The zero-order valence-corrected chi connectivity index (χ0v) is 10.6. The molecule has 0 saturated carbocycles. The van der Waals surface area contributed by atoms with Crippen molar-refractivity contribution in [1.29, 1.82) is 0 Å². The number of hydrogen-bond acceptors (Lipinski definition) is 3. The summed E-state index contributed by atoms with van der Waals surface area (Å²) in [6.07, 6.45) is 0. The minimum absolute atomic E-state index is 0.00795. The lowest BCUT2D eigenvalue weighted by molar-refractivity contribution is 0.407. The second-order valence-corrected chi connectivity index (χ2v) is 7.03. The molecule has 0 spiro atoms. The topological polar surface area (TPSA) is 72.2 Å². The maximum atomic E-state index is 11.5. The molecular formula is C8H18N2O2S2. The first-order valence-corrected chi connectivity index (χ1v) is 6.29. The summed E-state index contributed by atoms with van der Waals surface area (Å²) in [6, 6.07) is 0. The third-order valence-corrected chi connectivity index (χ3v) is 3.90. The van der Waals surface area contributed by atoms with Crippen LogP contribution in [0.5, 0.6) is 0 Å². The van der Waals surface area contributed by atoms with Gasteiger partial charge in [-0.05, 0) is 12.3 Å². The molecule has 0 aliphatic carbocycles. The summed E-state index contributed by atoms with van der Waals surface area (Å²) < 4.78 is 25.6. The number of thiocarbonyl (C=S) groups is 1. The first-order valence-electron chi connectivity index (χ1n) is 4.34. The Labute approximate surface area is 91.3 Å². The second kappa shape index (κ2) is 4.55. The van der Waals surface area contributed by atoms with Gasteiger partial charge in [0.05, 0.1) is 4.99 Å². The van der Waals surface area contributed by atoms with E-state index in [9.17, 15) is 8.42 Å². The van der Waals surface area contributed by atoms with E-state index < -0.39 is 15.3 Å². The van der Waals surface area contributed by atoms with Crippen LogP contribution in [0, 0.1) is 5.41 Å². The Morgan fingerprint density at radius 2 is 1.93 bits per heavy atom. The first-order chi connectivity index (χ1) is 6.06. The summed E-state index contributed by atoms with van der Waals surface area (Å²) >= 11 is 4.63. The van der Waals surface area contributed by atoms with Crippen molar-refractivity contribution in [1.82, 2.24) is 4.72 Å². The van der Waals surface area contributed by atoms with Crippen LogP contribution in [0.4, 0.5) is 0 Å². The Hall–Kier alpha value is -0.200. The highest BCUT2D eigenvalue weighted by molar-refractivity contribution is 7.93. The highest BCUT2D eigenvalue weighted by Crippen LogP contribution is 2.11. The molecule has 0 aromatic heterocycles. The van der Waals surface area contributed by atoms with E-state index in [-0.39, 0.29) is 10.4 Å². The Kier molecular flexibility index (Phi) is 4.48. The number of rotatable bonds is 4. The van der Waals surface area contributed by atoms with Gasteiger partial charge in [0, 0.05) is 6.54 Å². The van der Waals surface area contributed by atoms with E-state index in [1.54, 1.807) is 0 Å². The van der Waals surface area contributed by atoms with Gasteiger partial charge in [-0.25, -0.2) is 13.1 Å². The molecule has 0 heterocycles. The smallest absolute Gasteiger partial charge is 0.220 e. The lowest BCUT2D eigenvalue weighted by atomic mass is 9.98. The van der Waals surface area contributed by atoms with Crippen molar-refractivity contribution < 1.29 is 8.42 Å². The van der Waals surface area contributed by atoms with Crippen LogP contribution in [0.15, 0.2) is 0 Å². The van der Waals surface area contributed by atoms with Crippen molar-refractivity contribution in [3.63, 3.8) is 0 Å². The van der Waals surface area contributed by atoms with Crippen molar-refractivity contribution in [2.75, 3.05) is 6.54 Å². The molecule has 3 N–H and O–H groups in total. The fraction of sp³-hybridized carbons (Fsp3) is 0.875. The molecule has 0 rings (SSSR count). The van der Waals surface area contributed by atoms with Gasteiger partial charge in [0.2, 0.25) is 10.0 Å². The zero-order chi connectivity index (χ0) is 11.6. The molecule has 4 nitrogen and oxygen atoms in total. The molecule has 0 fully saturated rings. The molecule has 6 heteroatoms. The van der Waals surface area contributed by atoms with E-state index in [1.165, 1.54) is 6.92 Å². The lowest BCUT2D eigenvalue weighted by Crippen LogP contribution is -2.42. The van der Waals surface area contributed by atoms with Gasteiger partial charge in [0.15, 0.2) is 0 Å². The van der Waals surface area contributed by atoms with E-state index in [0.29, 0.717) is 6.54 Å². The average Bonchev–Trinajstić information content (AvgIpc) is 1.98. The molecule has 0 aliphatic rings. The predicted octanol–water partition coefficient (Wildman–Crippen LogP) is 0.626. The van der Waals surface area contributed by atoms with E-state index in [2.05, 4.69) is 16.9 Å². The van der Waals surface area contributed by atoms with Gasteiger partial charge in [0.25, 0.3) is 0 Å². The van der Waals surface area contributed by atoms with Crippen LogP contribution in [-0.4, -0.2) is 25.2 Å². The number of nitrogens with two attached hydrogens (primary N) is 1. The molecule has 0 saturated heterocycles. The quantitative estimate of drug-likeness (QED) is 0.705. The molecule has 0 aromatic rings. The van der Waals surface area contributed by atoms with Gasteiger partial charge in [-0.2, -0.15) is 0 Å². The molecule has 1 unspecified atom stereocenters. The molecule has 1 atom stereocenters. The van der Waals surface area contributed by atoms with E-state index in [4.69, 9.17) is 5.73 Å². The van der Waals surface area contributed by atoms with Crippen molar-refractivity contribution >= 4 is 27.2 Å². The first kappa shape index (κ1) is 13.8. The van der Waals surface area contributed by atoms with Crippen molar-refractivity contribution in [3.8, 4) is 0 Å². The SMILES string of the molecule is CC(C(N)=S)S(=O)(=O)NCC(C)(C)C. The van der Waals surface area contributed by atoms with Gasteiger partial charge < -0.3 is 5.73 Å². The van der Waals surface area contributed by atoms with Crippen molar-refractivity contribution in [2.24, 2.45) is 11.1 Å². The summed E-state index contributed by atoms with van der Waals surface area (Å²) in [4.78, 5) is -0.00795. The van der Waals surface area contributed by atoms with Crippen LogP contribution in [0.25, 0.3) is 0 Å². The molecular weight excluding hydrogens is 220 g/mol. The van der Waals surface area contributed by atoms with Crippen molar-refractivity contribution in [2.45, 2.75) is 32.9 Å². The molecule has 0 bridgehead atoms. The van der Waals surface area contributed by atoms with E-state index in [0.717, 1.165) is 0 Å². The minimum Gasteiger partial charge on any atom is -0.392 e. The van der Waals surface area contributed by atoms with Gasteiger partial charge in [0.1, 0.15) is 5.25 Å². The summed E-state index contributed by atoms with van der Waals surface area (Å²) in [7, 11) is -3.41. The van der Waals surface area contributed by atoms with Gasteiger partial charge >= 0.3 is 0 Å². The number of sulfonamides is 1. The molecule has 0 aromatic carbocycles. The highest BCUT2D eigenvalue weighted by atomic mass is 32.2. The van der Waals surface area contributed by atoms with Crippen LogP contribution >= 0.6 is 12.2 Å². The maximum Gasteiger partial charge on any atom is 0.220 e. The minimum atomic E-state index is -3.41. The average molecular weight is 238 g/mol. The molecule has 14 heavy (non-hydrogen) atoms. The third kappa shape index (κ3) is 4.88. The normalized spacial score (nSPS) is 15.1. The standard InChI is InChI=1S/C8H18N2O2S2/c1-6(7(9)13)14(11,12)10-5-8(2,3)4/h6,10H,5H2,1-4H3,(H2,9,13). The Morgan fingerprint density at radius 1 is 1.50 bits per heavy atom. The largest absolute Gasteiger partial charge is 0.392 e. The summed E-state index contributed by atoms with van der Waals surface area (Å²) in [5.41, 5.74) is 5.18. The van der Waals surface area contributed by atoms with Crippen LogP contribution in [0.1, 0.15) is 27.7 Å². The van der Waals surface area contributed by atoms with Crippen LogP contribution in [0.3, 0.4) is 0 Å². The highest BCUT2D eigenvalue weighted by Gasteiger charge is 2.24. The molecule has 84 valence electrons. The Morgan fingerprint density at radius 3 is 2.21 bits per heavy atom. The maximum absolute atomic E-state index is 11.5. The van der Waals surface area contributed by atoms with Crippen LogP contribution in [0.2, 0.25) is 0 Å². The van der Waals surface area contributed by atoms with Gasteiger partial charge in [-0.1, -0.05) is 33.0 Å². The van der Waals surface area contributed by atoms with E-state index in [1.807, 2.05) is 20.8 Å². The zero-order valence-electron chi connectivity index (χ0n) is 8.99. The third-order valence-electron chi connectivity index (χ3n) is 1.67. The van der Waals surface area contributed by atoms with Crippen LogP contribution in [-0.2, 0) is 10.0 Å². The second-order valence-electron chi connectivity index (χ2n) is 4.47. The summed E-state index contributed by atoms with van der Waals surface area (Å²) in [5, 5.41) is -0.820. The van der Waals surface area contributed by atoms with Crippen LogP contribution < -0.4 is 10.5 Å². The Bertz CT molecular complexity index is 304. The fourth-order valence-corrected chi connectivity index (χ4v) is 2.17. The van der Waals surface area contributed by atoms with Gasteiger partial charge in [-0.15, -0.1) is 0 Å². The predicted molar refractivity (Wildman–Crippen MR) is 62.6 cm³/mol. The molecule has 0 amide bonds. The lowest BCUT2D eigenvalue weighted by Gasteiger charge is -2.20. The monoisotopic (exact) mass is 238 g/mol. The summed E-state index contributed by atoms with van der Waals surface area (Å²) in [5.74, 6) is 0. The fourth-order valence-electron chi connectivity index (χ4n) is 0.595. The molecule has 0 radical (unpaired) electrons. The number of nitrogens with one attached hydrogen (secondary N) is 1. The van der Waals surface area contributed by atoms with Gasteiger partial charge in [-0.3, -0.25) is 0 Å². The number of hydrogen-bond donors (Lipinski definition) is 2. The Balaban J connectivity index is 4.45. The van der Waals surface area contributed by atoms with Crippen molar-refractivity contribution in [3.05, 3.63) is 0 Å². The molecule has 0 aliphatic heterocycles.